The van der Waals surface area contributed by atoms with Gasteiger partial charge in [-0.05, 0) is 60.1 Å². The van der Waals surface area contributed by atoms with E-state index in [4.69, 9.17) is 21.7 Å². The van der Waals surface area contributed by atoms with Gasteiger partial charge in [0.1, 0.15) is 19.0 Å². The molecule has 1 heterocycles. The molecule has 2 N–H and O–H groups in total. The molecule has 0 unspecified atom stereocenters. The molecule has 0 spiro atoms. The van der Waals surface area contributed by atoms with Crippen LogP contribution in [0.3, 0.4) is 0 Å². The van der Waals surface area contributed by atoms with Gasteiger partial charge in [-0.25, -0.2) is 0 Å². The van der Waals surface area contributed by atoms with Crippen molar-refractivity contribution in [3.05, 3.63) is 48.0 Å². The first-order chi connectivity index (χ1) is 13.4. The van der Waals surface area contributed by atoms with Crippen molar-refractivity contribution >= 4 is 23.0 Å². The summed E-state index contributed by atoms with van der Waals surface area (Å²) in [5, 5.41) is 6.80. The third-order valence-electron chi connectivity index (χ3n) is 4.22. The van der Waals surface area contributed by atoms with Crippen LogP contribution >= 0.6 is 12.2 Å². The number of nitrogens with one attached hydrogen (secondary N) is 2. The fourth-order valence-corrected chi connectivity index (χ4v) is 3.16. The molecule has 150 valence electrons. The molecule has 28 heavy (non-hydrogen) atoms. The van der Waals surface area contributed by atoms with Crippen LogP contribution in [0.4, 0.5) is 14.5 Å². The molecular weight excluding hydrogens is 386 g/mol. The summed E-state index contributed by atoms with van der Waals surface area (Å²) in [4.78, 5) is 0. The molecule has 2 aromatic rings. The average molecular weight is 408 g/mol. The van der Waals surface area contributed by atoms with Crippen molar-refractivity contribution in [1.82, 2.24) is 5.32 Å². The maximum atomic E-state index is 12.2. The monoisotopic (exact) mass is 408 g/mol. The van der Waals surface area contributed by atoms with E-state index in [1.807, 2.05) is 18.2 Å². The van der Waals surface area contributed by atoms with E-state index >= 15 is 0 Å². The number of rotatable bonds is 6. The summed E-state index contributed by atoms with van der Waals surface area (Å²) in [6.45, 7) is 2.41. The molecule has 0 bridgehead atoms. The number of hydrogen-bond donors (Lipinski definition) is 2. The van der Waals surface area contributed by atoms with Gasteiger partial charge >= 0.3 is 6.61 Å². The van der Waals surface area contributed by atoms with Crippen LogP contribution < -0.4 is 24.8 Å². The van der Waals surface area contributed by atoms with Crippen LogP contribution in [0.2, 0.25) is 0 Å². The number of benzene rings is 2. The molecule has 2 aromatic carbocycles. The van der Waals surface area contributed by atoms with Crippen LogP contribution in [0, 0.1) is 5.92 Å². The van der Waals surface area contributed by atoms with E-state index in [9.17, 15) is 8.78 Å². The standard InChI is InChI=1S/C20H22F2N2O3S/c1-12(2)18(13-3-8-16-17(11-13)26-10-9-25-16)24-20(28)23-14-4-6-15(7-5-14)27-19(21)22/h3-8,11-12,18-19H,9-10H2,1-2H3,(H2,23,24,28)/t18-/m1/s1. The summed E-state index contributed by atoms with van der Waals surface area (Å²) < 4.78 is 40.0. The van der Waals surface area contributed by atoms with Gasteiger partial charge in [0.15, 0.2) is 16.6 Å². The largest absolute Gasteiger partial charge is 0.486 e. The van der Waals surface area contributed by atoms with Crippen molar-refractivity contribution in [2.75, 3.05) is 18.5 Å². The Morgan fingerprint density at radius 1 is 1.04 bits per heavy atom. The second kappa shape index (κ2) is 9.05. The molecule has 0 saturated carbocycles. The van der Waals surface area contributed by atoms with Crippen molar-refractivity contribution in [3.8, 4) is 17.2 Å². The topological polar surface area (TPSA) is 51.8 Å². The van der Waals surface area contributed by atoms with Gasteiger partial charge in [0.25, 0.3) is 0 Å². The molecular formula is C20H22F2N2O3S. The van der Waals surface area contributed by atoms with Crippen LogP contribution in [-0.2, 0) is 0 Å². The van der Waals surface area contributed by atoms with E-state index in [1.54, 1.807) is 12.1 Å². The minimum Gasteiger partial charge on any atom is -0.486 e. The lowest BCUT2D eigenvalue weighted by Crippen LogP contribution is -2.35. The highest BCUT2D eigenvalue weighted by Gasteiger charge is 2.20. The van der Waals surface area contributed by atoms with Crippen molar-refractivity contribution < 1.29 is 23.0 Å². The Bertz CT molecular complexity index is 816. The number of ether oxygens (including phenoxy) is 3. The number of hydrogen-bond acceptors (Lipinski definition) is 4. The predicted molar refractivity (Wildman–Crippen MR) is 107 cm³/mol. The minimum absolute atomic E-state index is 0.0442. The van der Waals surface area contributed by atoms with Gasteiger partial charge in [-0.15, -0.1) is 0 Å². The van der Waals surface area contributed by atoms with Crippen molar-refractivity contribution in [1.29, 1.82) is 0 Å². The molecule has 1 aliphatic heterocycles. The maximum absolute atomic E-state index is 12.2. The summed E-state index contributed by atoms with van der Waals surface area (Å²) in [6, 6.07) is 12.0. The van der Waals surface area contributed by atoms with Crippen LogP contribution in [-0.4, -0.2) is 24.9 Å². The second-order valence-corrected chi connectivity index (χ2v) is 7.03. The van der Waals surface area contributed by atoms with Crippen LogP contribution in [0.15, 0.2) is 42.5 Å². The number of thiocarbonyl (C=S) groups is 1. The van der Waals surface area contributed by atoms with E-state index in [1.165, 1.54) is 12.1 Å². The Morgan fingerprint density at radius 3 is 2.36 bits per heavy atom. The summed E-state index contributed by atoms with van der Waals surface area (Å²) in [6.07, 6.45) is 0. The molecule has 1 aliphatic rings. The van der Waals surface area contributed by atoms with Crippen LogP contribution in [0.5, 0.6) is 17.2 Å². The van der Waals surface area contributed by atoms with Crippen molar-refractivity contribution in [2.45, 2.75) is 26.5 Å². The third-order valence-corrected chi connectivity index (χ3v) is 4.44. The predicted octanol–water partition coefficient (Wildman–Crippen LogP) is 4.74. The maximum Gasteiger partial charge on any atom is 0.387 e. The fraction of sp³-hybridized carbons (Fsp3) is 0.350. The second-order valence-electron chi connectivity index (χ2n) is 6.63. The highest BCUT2D eigenvalue weighted by molar-refractivity contribution is 7.80. The van der Waals surface area contributed by atoms with Gasteiger partial charge in [0.2, 0.25) is 0 Å². The molecule has 5 nitrogen and oxygen atoms in total. The first-order valence-electron chi connectivity index (χ1n) is 8.94. The Kier molecular flexibility index (Phi) is 6.51. The molecule has 0 aliphatic carbocycles. The zero-order valence-corrected chi connectivity index (χ0v) is 16.4. The highest BCUT2D eigenvalue weighted by atomic mass is 32.1. The Morgan fingerprint density at radius 2 is 1.71 bits per heavy atom. The summed E-state index contributed by atoms with van der Waals surface area (Å²) in [5.74, 6) is 1.81. The molecule has 3 rings (SSSR count). The van der Waals surface area contributed by atoms with Crippen molar-refractivity contribution in [3.63, 3.8) is 0 Å². The van der Waals surface area contributed by atoms with Gasteiger partial charge in [-0.3, -0.25) is 0 Å². The van der Waals surface area contributed by atoms with Crippen LogP contribution in [0.25, 0.3) is 0 Å². The molecule has 0 fully saturated rings. The molecule has 0 saturated heterocycles. The van der Waals surface area contributed by atoms with E-state index < -0.39 is 6.61 Å². The zero-order valence-electron chi connectivity index (χ0n) is 15.6. The van der Waals surface area contributed by atoms with Gasteiger partial charge in [0.05, 0.1) is 6.04 Å². The summed E-state index contributed by atoms with van der Waals surface area (Å²) >= 11 is 5.43. The Balaban J connectivity index is 1.66. The quantitative estimate of drug-likeness (QED) is 0.674. The molecule has 1 atom stereocenters. The SMILES string of the molecule is CC(C)[C@@H](NC(=S)Nc1ccc(OC(F)F)cc1)c1ccc2c(c1)OCCO2. The molecule has 0 aromatic heterocycles. The molecule has 0 amide bonds. The Hall–Kier alpha value is -2.61. The molecule has 8 heteroatoms. The first kappa shape index (κ1) is 20.1. The lowest BCUT2D eigenvalue weighted by molar-refractivity contribution is -0.0498. The minimum atomic E-state index is -2.85. The lowest BCUT2D eigenvalue weighted by atomic mass is 9.95. The van der Waals surface area contributed by atoms with Gasteiger partial charge in [-0.2, -0.15) is 8.78 Å². The van der Waals surface area contributed by atoms with E-state index in [-0.39, 0.29) is 17.7 Å². The van der Waals surface area contributed by atoms with Gasteiger partial charge in [0, 0.05) is 5.69 Å². The fourth-order valence-electron chi connectivity index (χ4n) is 2.92. The number of halogens is 2. The number of anilines is 1. The normalized spacial score (nSPS) is 13.9. The van der Waals surface area contributed by atoms with Gasteiger partial charge in [-0.1, -0.05) is 19.9 Å². The number of alkyl halides is 2. The number of fused-ring (bicyclic) bond motifs is 1. The van der Waals surface area contributed by atoms with Crippen molar-refractivity contribution in [2.24, 2.45) is 5.92 Å². The van der Waals surface area contributed by atoms with Crippen LogP contribution in [0.1, 0.15) is 25.5 Å². The van der Waals surface area contributed by atoms with E-state index in [0.29, 0.717) is 24.0 Å². The Labute approximate surface area is 168 Å². The zero-order chi connectivity index (χ0) is 20.1. The summed E-state index contributed by atoms with van der Waals surface area (Å²) in [5.41, 5.74) is 1.70. The lowest BCUT2D eigenvalue weighted by Gasteiger charge is -2.26. The molecule has 0 radical (unpaired) electrons. The summed E-state index contributed by atoms with van der Waals surface area (Å²) in [7, 11) is 0. The third kappa shape index (κ3) is 5.22. The average Bonchev–Trinajstić information content (AvgIpc) is 2.66. The first-order valence-corrected chi connectivity index (χ1v) is 9.35. The van der Waals surface area contributed by atoms with E-state index in [2.05, 4.69) is 29.2 Å². The van der Waals surface area contributed by atoms with Gasteiger partial charge < -0.3 is 24.8 Å². The van der Waals surface area contributed by atoms with E-state index in [0.717, 1.165) is 17.1 Å². The smallest absolute Gasteiger partial charge is 0.387 e. The highest BCUT2D eigenvalue weighted by Crippen LogP contribution is 2.34.